The Balaban J connectivity index is 1.95. The molecule has 0 bridgehead atoms. The minimum absolute atomic E-state index is 0.300. The Labute approximate surface area is 144 Å². The summed E-state index contributed by atoms with van der Waals surface area (Å²) in [6.45, 7) is 0. The Bertz CT molecular complexity index is 925. The highest BCUT2D eigenvalue weighted by Gasteiger charge is 2.12. The van der Waals surface area contributed by atoms with E-state index >= 15 is 0 Å². The van der Waals surface area contributed by atoms with Crippen LogP contribution in [0, 0.1) is 10.6 Å². The van der Waals surface area contributed by atoms with E-state index in [0.717, 1.165) is 11.3 Å². The zero-order valence-electron chi connectivity index (χ0n) is 13.3. The van der Waals surface area contributed by atoms with E-state index in [-0.39, 0.29) is 5.82 Å². The molecule has 2 aromatic carbocycles. The van der Waals surface area contributed by atoms with Crippen LogP contribution in [0.4, 0.5) is 10.1 Å². The Kier molecular flexibility index (Phi) is 4.52. The van der Waals surface area contributed by atoms with Crippen LogP contribution in [0.5, 0.6) is 0 Å². The second-order valence-corrected chi connectivity index (χ2v) is 5.76. The smallest absolute Gasteiger partial charge is 0.216 e. The van der Waals surface area contributed by atoms with Crippen molar-refractivity contribution in [3.05, 3.63) is 64.7 Å². The second-order valence-electron chi connectivity index (χ2n) is 5.37. The van der Waals surface area contributed by atoms with Crippen molar-refractivity contribution in [2.45, 2.75) is 0 Å². The molecule has 0 spiro atoms. The average Bonchev–Trinajstić information content (AvgIpc) is 2.94. The number of H-pyrrole nitrogens is 1. The predicted molar refractivity (Wildman–Crippen MR) is 96.6 cm³/mol. The van der Waals surface area contributed by atoms with Crippen LogP contribution in [-0.2, 0) is 0 Å². The molecule has 5 nitrogen and oxygen atoms in total. The average molecular weight is 341 g/mol. The fraction of sp³-hybridized carbons (Fsp3) is 0.118. The third-order valence-electron chi connectivity index (χ3n) is 3.50. The number of nitrogens with zero attached hydrogens (tertiary/aromatic N) is 4. The summed E-state index contributed by atoms with van der Waals surface area (Å²) < 4.78 is 15.7. The van der Waals surface area contributed by atoms with Crippen molar-refractivity contribution in [2.75, 3.05) is 19.0 Å². The molecule has 24 heavy (non-hydrogen) atoms. The van der Waals surface area contributed by atoms with Gasteiger partial charge < -0.3 is 4.90 Å². The van der Waals surface area contributed by atoms with Gasteiger partial charge >= 0.3 is 0 Å². The first-order valence-electron chi connectivity index (χ1n) is 7.30. The maximum absolute atomic E-state index is 14.0. The molecule has 0 aliphatic rings. The van der Waals surface area contributed by atoms with Crippen LogP contribution in [0.2, 0.25) is 0 Å². The summed E-state index contributed by atoms with van der Waals surface area (Å²) in [5, 5.41) is 11.1. The summed E-state index contributed by atoms with van der Waals surface area (Å²) in [5.74, 6) is -0.0439. The van der Waals surface area contributed by atoms with Crippen LogP contribution in [-0.4, -0.2) is 35.2 Å². The lowest BCUT2D eigenvalue weighted by molar-refractivity contribution is 0.628. The highest BCUT2D eigenvalue weighted by atomic mass is 32.1. The molecule has 1 aromatic heterocycles. The van der Waals surface area contributed by atoms with Crippen molar-refractivity contribution in [3.8, 4) is 11.4 Å². The molecule has 122 valence electrons. The largest absolute Gasteiger partial charge is 0.378 e. The van der Waals surface area contributed by atoms with Crippen LogP contribution in [0.3, 0.4) is 0 Å². The molecular formula is C17H16FN5S. The Morgan fingerprint density at radius 2 is 1.88 bits per heavy atom. The maximum atomic E-state index is 14.0. The van der Waals surface area contributed by atoms with E-state index in [0.29, 0.717) is 16.2 Å². The van der Waals surface area contributed by atoms with Crippen LogP contribution in [0.15, 0.2) is 53.6 Å². The van der Waals surface area contributed by atoms with Gasteiger partial charge in [-0.2, -0.15) is 14.9 Å². The first-order chi connectivity index (χ1) is 11.6. The van der Waals surface area contributed by atoms with Crippen molar-refractivity contribution in [2.24, 2.45) is 5.10 Å². The lowest BCUT2D eigenvalue weighted by Crippen LogP contribution is -2.08. The third kappa shape index (κ3) is 3.26. The number of nitrogens with one attached hydrogen (secondary N) is 1. The summed E-state index contributed by atoms with van der Waals surface area (Å²) in [5.41, 5.74) is 2.34. The van der Waals surface area contributed by atoms with E-state index in [1.807, 2.05) is 43.3 Å². The second kappa shape index (κ2) is 6.76. The lowest BCUT2D eigenvalue weighted by Gasteiger charge is -2.11. The first-order valence-corrected chi connectivity index (χ1v) is 7.71. The normalized spacial score (nSPS) is 11.1. The molecule has 0 aliphatic carbocycles. The highest BCUT2D eigenvalue weighted by molar-refractivity contribution is 7.71. The Morgan fingerprint density at radius 3 is 2.54 bits per heavy atom. The SMILES string of the molecule is CN(C)c1ccc(/C=N/n2c(-c3ccccc3F)n[nH]c2=S)cc1. The molecule has 0 amide bonds. The molecule has 0 unspecified atom stereocenters. The van der Waals surface area contributed by atoms with E-state index in [1.54, 1.807) is 24.4 Å². The fourth-order valence-corrected chi connectivity index (χ4v) is 2.38. The lowest BCUT2D eigenvalue weighted by atomic mass is 10.2. The third-order valence-corrected chi connectivity index (χ3v) is 3.76. The van der Waals surface area contributed by atoms with Gasteiger partial charge in [-0.15, -0.1) is 0 Å². The van der Waals surface area contributed by atoms with Gasteiger partial charge in [0, 0.05) is 19.8 Å². The summed E-state index contributed by atoms with van der Waals surface area (Å²) >= 11 is 5.19. The molecule has 0 saturated carbocycles. The Hall–Kier alpha value is -2.80. The van der Waals surface area contributed by atoms with Gasteiger partial charge in [0.05, 0.1) is 11.8 Å². The number of hydrogen-bond acceptors (Lipinski definition) is 4. The number of benzene rings is 2. The van der Waals surface area contributed by atoms with Gasteiger partial charge in [0.1, 0.15) is 5.82 Å². The minimum Gasteiger partial charge on any atom is -0.378 e. The predicted octanol–water partition coefficient (Wildman–Crippen LogP) is 3.69. The van der Waals surface area contributed by atoms with Crippen molar-refractivity contribution in [3.63, 3.8) is 0 Å². The van der Waals surface area contributed by atoms with E-state index in [1.165, 1.54) is 10.7 Å². The van der Waals surface area contributed by atoms with Gasteiger partial charge in [0.25, 0.3) is 0 Å². The van der Waals surface area contributed by atoms with Crippen LogP contribution >= 0.6 is 12.2 Å². The van der Waals surface area contributed by atoms with Crippen molar-refractivity contribution in [1.82, 2.24) is 14.9 Å². The van der Waals surface area contributed by atoms with Crippen LogP contribution in [0.1, 0.15) is 5.56 Å². The van der Waals surface area contributed by atoms with Crippen molar-refractivity contribution < 1.29 is 4.39 Å². The van der Waals surface area contributed by atoms with E-state index in [2.05, 4.69) is 15.3 Å². The topological polar surface area (TPSA) is 49.2 Å². The van der Waals surface area contributed by atoms with Crippen LogP contribution in [0.25, 0.3) is 11.4 Å². The quantitative estimate of drug-likeness (QED) is 0.581. The van der Waals surface area contributed by atoms with Crippen molar-refractivity contribution in [1.29, 1.82) is 0 Å². The van der Waals surface area contributed by atoms with E-state index in [4.69, 9.17) is 12.2 Å². The monoisotopic (exact) mass is 341 g/mol. The summed E-state index contributed by atoms with van der Waals surface area (Å²) in [6.07, 6.45) is 1.66. The molecule has 0 atom stereocenters. The van der Waals surface area contributed by atoms with Gasteiger partial charge in [-0.3, -0.25) is 0 Å². The number of rotatable bonds is 4. The maximum Gasteiger partial charge on any atom is 0.216 e. The standard InChI is InChI=1S/C17H16FN5S/c1-22(2)13-9-7-12(8-10-13)11-19-23-16(20-21-17(23)24)14-5-3-4-6-15(14)18/h3-11H,1-2H3,(H,21,24)/b19-11+. The molecule has 0 saturated heterocycles. The molecule has 1 N–H and O–H groups in total. The molecule has 3 aromatic rings. The summed E-state index contributed by atoms with van der Waals surface area (Å²) in [4.78, 5) is 2.02. The van der Waals surface area contributed by atoms with Crippen molar-refractivity contribution >= 4 is 24.1 Å². The molecule has 0 fully saturated rings. The summed E-state index contributed by atoms with van der Waals surface area (Å²) in [6, 6.07) is 14.3. The molecule has 3 rings (SSSR count). The summed E-state index contributed by atoms with van der Waals surface area (Å²) in [7, 11) is 3.96. The molecule has 1 heterocycles. The number of aromatic amines is 1. The molecule has 0 aliphatic heterocycles. The zero-order chi connectivity index (χ0) is 17.1. The van der Waals surface area contributed by atoms with Gasteiger partial charge in [-0.25, -0.2) is 9.49 Å². The Morgan fingerprint density at radius 1 is 1.17 bits per heavy atom. The number of halogens is 1. The van der Waals surface area contributed by atoms with Gasteiger partial charge in [0.15, 0.2) is 5.82 Å². The van der Waals surface area contributed by atoms with Gasteiger partial charge in [-0.05, 0) is 42.0 Å². The highest BCUT2D eigenvalue weighted by Crippen LogP contribution is 2.20. The first kappa shape index (κ1) is 16.1. The number of aromatic nitrogens is 3. The fourth-order valence-electron chi connectivity index (χ4n) is 2.20. The van der Waals surface area contributed by atoms with E-state index in [9.17, 15) is 4.39 Å². The molecule has 7 heteroatoms. The molecular weight excluding hydrogens is 325 g/mol. The van der Waals surface area contributed by atoms with Gasteiger partial charge in [-0.1, -0.05) is 24.3 Å². The molecule has 0 radical (unpaired) electrons. The van der Waals surface area contributed by atoms with Crippen LogP contribution < -0.4 is 4.90 Å². The zero-order valence-corrected chi connectivity index (χ0v) is 14.1. The van der Waals surface area contributed by atoms with E-state index < -0.39 is 0 Å². The minimum atomic E-state index is -0.377. The number of hydrogen-bond donors (Lipinski definition) is 1. The van der Waals surface area contributed by atoms with Gasteiger partial charge in [0.2, 0.25) is 4.77 Å². The number of anilines is 1.